The van der Waals surface area contributed by atoms with Crippen LogP contribution in [0.25, 0.3) is 0 Å². The molecule has 0 atom stereocenters. The fraction of sp³-hybridized carbons (Fsp3) is 0.381. The summed E-state index contributed by atoms with van der Waals surface area (Å²) in [7, 11) is 2.14. The lowest BCUT2D eigenvalue weighted by atomic mass is 10.1. The number of hydrogen-bond donors (Lipinski definition) is 2. The number of nitrogens with two attached hydrogens (primary N) is 1. The van der Waals surface area contributed by atoms with Crippen LogP contribution in [0.5, 0.6) is 0 Å². The number of guanidine groups is 1. The van der Waals surface area contributed by atoms with Gasteiger partial charge in [0, 0.05) is 18.3 Å². The van der Waals surface area contributed by atoms with Gasteiger partial charge in [0.05, 0.1) is 6.54 Å². The summed E-state index contributed by atoms with van der Waals surface area (Å²) < 4.78 is 0. The standard InChI is InChI=1S/C21H30N4.HI/c1-15(2)25(5)14-19-9-7-6-8-18(19)13-23-21(22)24-20-11-16(3)10-17(4)12-20;/h6-12,15H,13-14H2,1-5H3,(H3,22,23,24);1H. The van der Waals surface area contributed by atoms with Gasteiger partial charge in [0.2, 0.25) is 0 Å². The molecule has 0 unspecified atom stereocenters. The molecule has 0 saturated carbocycles. The van der Waals surface area contributed by atoms with Crippen LogP contribution >= 0.6 is 24.0 Å². The minimum atomic E-state index is 0. The van der Waals surface area contributed by atoms with Crippen molar-refractivity contribution < 1.29 is 0 Å². The van der Waals surface area contributed by atoms with Gasteiger partial charge in [-0.25, -0.2) is 4.99 Å². The van der Waals surface area contributed by atoms with E-state index in [1.807, 2.05) is 0 Å². The average molecular weight is 466 g/mol. The van der Waals surface area contributed by atoms with Gasteiger partial charge in [-0.3, -0.25) is 4.90 Å². The highest BCUT2D eigenvalue weighted by atomic mass is 127. The van der Waals surface area contributed by atoms with Crippen molar-refractivity contribution in [2.45, 2.75) is 46.8 Å². The number of benzene rings is 2. The first-order valence-electron chi connectivity index (χ1n) is 8.77. The highest BCUT2D eigenvalue weighted by Crippen LogP contribution is 2.15. The zero-order chi connectivity index (χ0) is 18.4. The van der Waals surface area contributed by atoms with Gasteiger partial charge in [-0.1, -0.05) is 30.3 Å². The summed E-state index contributed by atoms with van der Waals surface area (Å²) in [5.74, 6) is 0.442. The van der Waals surface area contributed by atoms with Crippen molar-refractivity contribution in [3.63, 3.8) is 0 Å². The minimum Gasteiger partial charge on any atom is -0.370 e. The minimum absolute atomic E-state index is 0. The number of halogens is 1. The molecule has 0 bridgehead atoms. The van der Waals surface area contributed by atoms with Gasteiger partial charge in [0.25, 0.3) is 0 Å². The van der Waals surface area contributed by atoms with Crippen LogP contribution in [0.4, 0.5) is 5.69 Å². The van der Waals surface area contributed by atoms with Crippen molar-refractivity contribution in [1.82, 2.24) is 4.90 Å². The van der Waals surface area contributed by atoms with E-state index in [2.05, 4.69) is 92.4 Å². The number of rotatable bonds is 6. The maximum atomic E-state index is 6.08. The van der Waals surface area contributed by atoms with E-state index in [1.54, 1.807) is 0 Å². The third-order valence-corrected chi connectivity index (χ3v) is 4.33. The van der Waals surface area contributed by atoms with Gasteiger partial charge < -0.3 is 11.1 Å². The molecule has 4 nitrogen and oxygen atoms in total. The Morgan fingerprint density at radius 3 is 2.23 bits per heavy atom. The third-order valence-electron chi connectivity index (χ3n) is 4.33. The van der Waals surface area contributed by atoms with E-state index in [1.165, 1.54) is 22.3 Å². The molecule has 0 saturated heterocycles. The van der Waals surface area contributed by atoms with E-state index in [0.717, 1.165) is 12.2 Å². The van der Waals surface area contributed by atoms with Gasteiger partial charge in [-0.05, 0) is 69.1 Å². The van der Waals surface area contributed by atoms with E-state index in [9.17, 15) is 0 Å². The average Bonchev–Trinajstić information content (AvgIpc) is 2.52. The van der Waals surface area contributed by atoms with Crippen LogP contribution in [0.1, 0.15) is 36.1 Å². The van der Waals surface area contributed by atoms with Crippen molar-refractivity contribution in [2.24, 2.45) is 10.7 Å². The Hall–Kier alpha value is -1.60. The third kappa shape index (κ3) is 6.96. The Labute approximate surface area is 174 Å². The van der Waals surface area contributed by atoms with Crippen LogP contribution in [-0.4, -0.2) is 23.9 Å². The highest BCUT2D eigenvalue weighted by molar-refractivity contribution is 14.0. The molecule has 0 radical (unpaired) electrons. The number of hydrogen-bond acceptors (Lipinski definition) is 2. The Balaban J connectivity index is 0.00000338. The van der Waals surface area contributed by atoms with Crippen molar-refractivity contribution in [2.75, 3.05) is 12.4 Å². The Kier molecular flexibility index (Phi) is 9.08. The van der Waals surface area contributed by atoms with Crippen LogP contribution in [0, 0.1) is 13.8 Å². The predicted molar refractivity (Wildman–Crippen MR) is 123 cm³/mol. The molecule has 0 heterocycles. The van der Waals surface area contributed by atoms with Crippen molar-refractivity contribution in [3.05, 3.63) is 64.7 Å². The fourth-order valence-corrected chi connectivity index (χ4v) is 2.72. The smallest absolute Gasteiger partial charge is 0.193 e. The fourth-order valence-electron chi connectivity index (χ4n) is 2.72. The van der Waals surface area contributed by atoms with Crippen LogP contribution in [0.2, 0.25) is 0 Å². The summed E-state index contributed by atoms with van der Waals surface area (Å²) in [6.45, 7) is 10.0. The summed E-state index contributed by atoms with van der Waals surface area (Å²) >= 11 is 0. The van der Waals surface area contributed by atoms with Gasteiger partial charge in [0.15, 0.2) is 5.96 Å². The van der Waals surface area contributed by atoms with E-state index >= 15 is 0 Å². The van der Waals surface area contributed by atoms with Crippen LogP contribution < -0.4 is 11.1 Å². The largest absolute Gasteiger partial charge is 0.370 e. The quantitative estimate of drug-likeness (QED) is 0.369. The SMILES string of the molecule is Cc1cc(C)cc(NC(N)=NCc2ccccc2CN(C)C(C)C)c1.I. The molecular weight excluding hydrogens is 435 g/mol. The highest BCUT2D eigenvalue weighted by Gasteiger charge is 2.08. The van der Waals surface area contributed by atoms with Crippen LogP contribution in [0.15, 0.2) is 47.5 Å². The van der Waals surface area contributed by atoms with Crippen molar-refractivity contribution in [3.8, 4) is 0 Å². The molecule has 5 heteroatoms. The second-order valence-corrected chi connectivity index (χ2v) is 6.98. The predicted octanol–water partition coefficient (Wildman–Crippen LogP) is 4.69. The zero-order valence-electron chi connectivity index (χ0n) is 16.4. The molecule has 0 amide bonds. The van der Waals surface area contributed by atoms with E-state index in [-0.39, 0.29) is 24.0 Å². The lowest BCUT2D eigenvalue weighted by Gasteiger charge is -2.22. The Bertz CT molecular complexity index is 720. The molecule has 0 aliphatic rings. The number of anilines is 1. The lowest BCUT2D eigenvalue weighted by molar-refractivity contribution is 0.265. The van der Waals surface area contributed by atoms with Gasteiger partial charge >= 0.3 is 0 Å². The topological polar surface area (TPSA) is 53.6 Å². The number of aryl methyl sites for hydroxylation is 2. The molecule has 0 spiro atoms. The lowest BCUT2D eigenvalue weighted by Crippen LogP contribution is -2.26. The summed E-state index contributed by atoms with van der Waals surface area (Å²) in [4.78, 5) is 6.85. The van der Waals surface area contributed by atoms with Crippen molar-refractivity contribution >= 4 is 35.6 Å². The number of aliphatic imine (C=N–C) groups is 1. The molecule has 2 aromatic carbocycles. The van der Waals surface area contributed by atoms with Gasteiger partial charge in [-0.2, -0.15) is 0 Å². The maximum absolute atomic E-state index is 6.08. The molecule has 0 fully saturated rings. The molecule has 0 aromatic heterocycles. The van der Waals surface area contributed by atoms with Crippen LogP contribution in [-0.2, 0) is 13.1 Å². The Morgan fingerprint density at radius 2 is 1.65 bits per heavy atom. The summed E-state index contributed by atoms with van der Waals surface area (Å²) in [6, 6.07) is 15.2. The first-order valence-corrected chi connectivity index (χ1v) is 8.77. The van der Waals surface area contributed by atoms with Gasteiger partial charge in [-0.15, -0.1) is 24.0 Å². The Morgan fingerprint density at radius 1 is 1.08 bits per heavy atom. The zero-order valence-corrected chi connectivity index (χ0v) is 18.7. The number of nitrogens with zero attached hydrogens (tertiary/aromatic N) is 2. The number of nitrogens with one attached hydrogen (secondary N) is 1. The monoisotopic (exact) mass is 466 g/mol. The first-order chi connectivity index (χ1) is 11.8. The molecule has 2 rings (SSSR count). The summed E-state index contributed by atoms with van der Waals surface area (Å²) in [5, 5.41) is 3.19. The van der Waals surface area contributed by atoms with E-state index < -0.39 is 0 Å². The molecular formula is C21H31IN4. The molecule has 0 aliphatic heterocycles. The molecule has 142 valence electrons. The summed E-state index contributed by atoms with van der Waals surface area (Å²) in [6.07, 6.45) is 0. The van der Waals surface area contributed by atoms with Crippen LogP contribution in [0.3, 0.4) is 0 Å². The normalized spacial score (nSPS) is 11.6. The molecule has 0 aliphatic carbocycles. The summed E-state index contributed by atoms with van der Waals surface area (Å²) in [5.41, 5.74) is 12.0. The van der Waals surface area contributed by atoms with E-state index in [4.69, 9.17) is 5.73 Å². The second-order valence-electron chi connectivity index (χ2n) is 6.98. The molecule has 3 N–H and O–H groups in total. The van der Waals surface area contributed by atoms with E-state index in [0.29, 0.717) is 18.5 Å². The second kappa shape index (κ2) is 10.5. The van der Waals surface area contributed by atoms with Gasteiger partial charge in [0.1, 0.15) is 0 Å². The van der Waals surface area contributed by atoms with Crippen molar-refractivity contribution in [1.29, 1.82) is 0 Å². The maximum Gasteiger partial charge on any atom is 0.193 e. The molecule has 26 heavy (non-hydrogen) atoms. The molecule has 2 aromatic rings. The first kappa shape index (κ1) is 22.4.